The van der Waals surface area contributed by atoms with Crippen molar-refractivity contribution in [1.82, 2.24) is 4.90 Å². The molecule has 1 N–H and O–H groups in total. The van der Waals surface area contributed by atoms with Crippen LogP contribution >= 0.6 is 11.8 Å². The molecule has 0 saturated carbocycles. The number of hydrogen-bond donors (Lipinski definition) is 1. The molecule has 0 aliphatic carbocycles. The minimum Gasteiger partial charge on any atom is -0.326 e. The van der Waals surface area contributed by atoms with Crippen LogP contribution in [0.1, 0.15) is 37.0 Å². The number of nitrogens with zero attached hydrogens (tertiary/aromatic N) is 2. The van der Waals surface area contributed by atoms with Gasteiger partial charge in [0.05, 0.1) is 5.69 Å². The van der Waals surface area contributed by atoms with E-state index in [0.717, 1.165) is 28.1 Å². The van der Waals surface area contributed by atoms with Gasteiger partial charge in [-0.3, -0.25) is 14.5 Å². The molecule has 1 heterocycles. The molecule has 2 aromatic carbocycles. The summed E-state index contributed by atoms with van der Waals surface area (Å²) >= 11 is 1.38. The second-order valence-corrected chi connectivity index (χ2v) is 9.37. The van der Waals surface area contributed by atoms with Crippen LogP contribution in [0.3, 0.4) is 0 Å². The van der Waals surface area contributed by atoms with Gasteiger partial charge in [0.15, 0.2) is 5.17 Å². The van der Waals surface area contributed by atoms with Gasteiger partial charge in [0.1, 0.15) is 5.25 Å². The predicted octanol–water partition coefficient (Wildman–Crippen LogP) is 5.23. The lowest BCUT2D eigenvalue weighted by Gasteiger charge is -2.19. The van der Waals surface area contributed by atoms with Crippen LogP contribution in [0.4, 0.5) is 11.4 Å². The van der Waals surface area contributed by atoms with Gasteiger partial charge in [-0.2, -0.15) is 0 Å². The fourth-order valence-electron chi connectivity index (χ4n) is 3.29. The standard InChI is InChI=1S/C24H29N3O2S/c1-15(2)14-27-23(29)21(30-24(27)26-19-9-7-6-8-17(19)4)13-22(28)25-20-12-16(3)10-11-18(20)5/h6-12,15,21H,13-14H2,1-5H3,(H,25,28)/t21-/m0/s1. The number of amidine groups is 1. The monoisotopic (exact) mass is 423 g/mol. The summed E-state index contributed by atoms with van der Waals surface area (Å²) < 4.78 is 0. The van der Waals surface area contributed by atoms with E-state index >= 15 is 0 Å². The zero-order valence-electron chi connectivity index (χ0n) is 18.2. The Bertz CT molecular complexity index is 984. The Kier molecular flexibility index (Phi) is 6.98. The first-order valence-corrected chi connectivity index (χ1v) is 11.1. The largest absolute Gasteiger partial charge is 0.326 e. The van der Waals surface area contributed by atoms with Crippen LogP contribution < -0.4 is 5.32 Å². The molecular formula is C24H29N3O2S. The average molecular weight is 424 g/mol. The highest BCUT2D eigenvalue weighted by Crippen LogP contribution is 2.33. The maximum atomic E-state index is 13.1. The highest BCUT2D eigenvalue weighted by molar-refractivity contribution is 8.15. The van der Waals surface area contributed by atoms with E-state index in [0.29, 0.717) is 17.6 Å². The highest BCUT2D eigenvalue weighted by Gasteiger charge is 2.39. The average Bonchev–Trinajstić information content (AvgIpc) is 2.95. The lowest BCUT2D eigenvalue weighted by molar-refractivity contribution is -0.128. The molecule has 1 aliphatic rings. The number of rotatable bonds is 6. The van der Waals surface area contributed by atoms with Crippen LogP contribution in [0, 0.1) is 26.7 Å². The number of hydrogen-bond acceptors (Lipinski definition) is 4. The number of thioether (sulfide) groups is 1. The van der Waals surface area contributed by atoms with Crippen LogP contribution in [-0.4, -0.2) is 33.7 Å². The molecule has 0 spiro atoms. The van der Waals surface area contributed by atoms with Crippen molar-refractivity contribution in [3.63, 3.8) is 0 Å². The van der Waals surface area contributed by atoms with E-state index in [1.807, 2.05) is 63.2 Å². The molecule has 0 radical (unpaired) electrons. The van der Waals surface area contributed by atoms with Gasteiger partial charge in [0.2, 0.25) is 11.8 Å². The van der Waals surface area contributed by atoms with Crippen molar-refractivity contribution < 1.29 is 9.59 Å². The van der Waals surface area contributed by atoms with E-state index in [1.165, 1.54) is 11.8 Å². The molecular weight excluding hydrogens is 394 g/mol. The number of aryl methyl sites for hydroxylation is 3. The van der Waals surface area contributed by atoms with Crippen molar-refractivity contribution in [2.45, 2.75) is 46.3 Å². The topological polar surface area (TPSA) is 61.8 Å². The third-order valence-corrected chi connectivity index (χ3v) is 6.11. The summed E-state index contributed by atoms with van der Waals surface area (Å²) in [7, 11) is 0. The van der Waals surface area contributed by atoms with E-state index in [4.69, 9.17) is 4.99 Å². The Balaban J connectivity index is 1.78. The fraction of sp³-hybridized carbons (Fsp3) is 0.375. The molecule has 1 aliphatic heterocycles. The molecule has 2 aromatic rings. The number of benzene rings is 2. The smallest absolute Gasteiger partial charge is 0.242 e. The molecule has 158 valence electrons. The fourth-order valence-corrected chi connectivity index (χ4v) is 4.45. The maximum absolute atomic E-state index is 13.1. The first-order chi connectivity index (χ1) is 14.2. The Hall–Kier alpha value is -2.60. The molecule has 3 rings (SSSR count). The van der Waals surface area contributed by atoms with E-state index in [1.54, 1.807) is 4.90 Å². The minimum absolute atomic E-state index is 0.0443. The van der Waals surface area contributed by atoms with Crippen LogP contribution in [-0.2, 0) is 9.59 Å². The normalized spacial score (nSPS) is 17.8. The van der Waals surface area contributed by atoms with Gasteiger partial charge in [-0.05, 0) is 55.5 Å². The molecule has 5 nitrogen and oxygen atoms in total. The molecule has 1 saturated heterocycles. The Morgan fingerprint density at radius 3 is 2.57 bits per heavy atom. The summed E-state index contributed by atoms with van der Waals surface area (Å²) in [6.45, 7) is 10.7. The van der Waals surface area contributed by atoms with E-state index in [9.17, 15) is 9.59 Å². The van der Waals surface area contributed by atoms with Crippen molar-refractivity contribution in [2.24, 2.45) is 10.9 Å². The van der Waals surface area contributed by atoms with Crippen LogP contribution in [0.5, 0.6) is 0 Å². The van der Waals surface area contributed by atoms with Gasteiger partial charge < -0.3 is 5.32 Å². The third-order valence-electron chi connectivity index (χ3n) is 4.94. The molecule has 1 fully saturated rings. The lowest BCUT2D eigenvalue weighted by atomic mass is 10.1. The summed E-state index contributed by atoms with van der Waals surface area (Å²) in [5.74, 6) is 0.104. The molecule has 0 unspecified atom stereocenters. The molecule has 1 atom stereocenters. The van der Waals surface area contributed by atoms with Gasteiger partial charge >= 0.3 is 0 Å². The van der Waals surface area contributed by atoms with E-state index < -0.39 is 5.25 Å². The number of carbonyl (C=O) groups is 2. The molecule has 0 bridgehead atoms. The van der Waals surface area contributed by atoms with Gasteiger partial charge in [-0.25, -0.2) is 4.99 Å². The summed E-state index contributed by atoms with van der Waals surface area (Å²) in [6.07, 6.45) is 0.123. The Morgan fingerprint density at radius 2 is 1.87 bits per heavy atom. The van der Waals surface area contributed by atoms with E-state index in [2.05, 4.69) is 19.2 Å². The number of anilines is 1. The number of para-hydroxylation sites is 1. The van der Waals surface area contributed by atoms with Crippen LogP contribution in [0.25, 0.3) is 0 Å². The third kappa shape index (κ3) is 5.30. The van der Waals surface area contributed by atoms with Gasteiger partial charge in [-0.15, -0.1) is 0 Å². The summed E-state index contributed by atoms with van der Waals surface area (Å²) in [6, 6.07) is 13.8. The molecule has 2 amide bonds. The van der Waals surface area contributed by atoms with Crippen molar-refractivity contribution in [3.8, 4) is 0 Å². The summed E-state index contributed by atoms with van der Waals surface area (Å²) in [4.78, 5) is 32.3. The van der Waals surface area contributed by atoms with Crippen LogP contribution in [0.15, 0.2) is 47.5 Å². The second-order valence-electron chi connectivity index (χ2n) is 8.20. The Morgan fingerprint density at radius 1 is 1.13 bits per heavy atom. The predicted molar refractivity (Wildman–Crippen MR) is 125 cm³/mol. The van der Waals surface area contributed by atoms with Gasteiger partial charge in [0.25, 0.3) is 0 Å². The first kappa shape index (κ1) is 22.1. The summed E-state index contributed by atoms with van der Waals surface area (Å²) in [5.41, 5.74) is 4.78. The lowest BCUT2D eigenvalue weighted by Crippen LogP contribution is -2.36. The van der Waals surface area contributed by atoms with Gasteiger partial charge in [0, 0.05) is 18.7 Å². The van der Waals surface area contributed by atoms with Crippen molar-refractivity contribution in [2.75, 3.05) is 11.9 Å². The number of aliphatic imine (C=N–C) groups is 1. The van der Waals surface area contributed by atoms with Crippen molar-refractivity contribution in [1.29, 1.82) is 0 Å². The van der Waals surface area contributed by atoms with Gasteiger partial charge in [-0.1, -0.05) is 55.9 Å². The van der Waals surface area contributed by atoms with E-state index in [-0.39, 0.29) is 18.2 Å². The molecule has 6 heteroatoms. The quantitative estimate of drug-likeness (QED) is 0.692. The molecule has 0 aromatic heterocycles. The zero-order chi connectivity index (χ0) is 21.8. The van der Waals surface area contributed by atoms with Crippen LogP contribution in [0.2, 0.25) is 0 Å². The molecule has 30 heavy (non-hydrogen) atoms. The number of amides is 2. The zero-order valence-corrected chi connectivity index (χ0v) is 19.0. The maximum Gasteiger partial charge on any atom is 0.242 e. The summed E-state index contributed by atoms with van der Waals surface area (Å²) in [5, 5.41) is 3.18. The Labute approximate surface area is 183 Å². The highest BCUT2D eigenvalue weighted by atomic mass is 32.2. The number of nitrogens with one attached hydrogen (secondary N) is 1. The second kappa shape index (κ2) is 9.47. The SMILES string of the molecule is Cc1ccc(C)c(NC(=O)C[C@@H]2SC(=Nc3ccccc3C)N(CC(C)C)C2=O)c1. The van der Waals surface area contributed by atoms with Crippen molar-refractivity contribution >= 4 is 40.1 Å². The number of carbonyl (C=O) groups excluding carboxylic acids is 2. The van der Waals surface area contributed by atoms with Crippen molar-refractivity contribution in [3.05, 3.63) is 59.2 Å². The first-order valence-electron chi connectivity index (χ1n) is 10.2. The minimum atomic E-state index is -0.461.